The van der Waals surface area contributed by atoms with Gasteiger partial charge in [-0.2, -0.15) is 0 Å². The van der Waals surface area contributed by atoms with Crippen molar-refractivity contribution in [2.75, 3.05) is 0 Å². The second-order valence-corrected chi connectivity index (χ2v) is 14.1. The maximum atomic E-state index is 5.37. The Kier molecular flexibility index (Phi) is 7.17. The summed E-state index contributed by atoms with van der Waals surface area (Å²) in [5.74, 6) is 0.702. The molecular formula is C52H33N3. The van der Waals surface area contributed by atoms with Crippen LogP contribution in [0.1, 0.15) is 0 Å². The van der Waals surface area contributed by atoms with Crippen LogP contribution in [0.4, 0.5) is 0 Å². The lowest BCUT2D eigenvalue weighted by Crippen LogP contribution is -1.99. The van der Waals surface area contributed by atoms with Crippen LogP contribution in [0.15, 0.2) is 200 Å². The van der Waals surface area contributed by atoms with Gasteiger partial charge in [0, 0.05) is 22.2 Å². The SMILES string of the molecule is c1ccc(-c2nc(-c3ccccc3)c3c4cc(-c5c6ccccc6c(-c6cccc7ccccc67)c6ccccc56)ccc4n(-c4ccccc4)c3n2)cc1. The van der Waals surface area contributed by atoms with Crippen molar-refractivity contribution in [3.8, 4) is 50.6 Å². The Bertz CT molecular complexity index is 3180. The average molecular weight is 700 g/mol. The molecule has 3 heteroatoms. The van der Waals surface area contributed by atoms with E-state index in [1.807, 2.05) is 18.2 Å². The van der Waals surface area contributed by atoms with E-state index in [0.29, 0.717) is 5.82 Å². The lowest BCUT2D eigenvalue weighted by atomic mass is 9.84. The smallest absolute Gasteiger partial charge is 0.162 e. The second-order valence-electron chi connectivity index (χ2n) is 14.1. The van der Waals surface area contributed by atoms with Crippen LogP contribution in [0.2, 0.25) is 0 Å². The second kappa shape index (κ2) is 12.6. The Hall–Kier alpha value is -7.36. The molecule has 0 fully saturated rings. The lowest BCUT2D eigenvalue weighted by molar-refractivity contribution is 1.11. The van der Waals surface area contributed by atoms with Crippen LogP contribution in [0.25, 0.3) is 105 Å². The standard InChI is InChI=1S/C52H33N3/c1-4-18-35(19-5-1)50-49-45-33-37(31-32-46(45)55(38-23-8-3-9-24-38)52(49)54-51(53-50)36-20-6-2-7-21-36)47-41-26-12-14-28-43(41)48(44-29-15-13-27-42(44)47)40-30-16-22-34-17-10-11-25-39(34)40/h1-33H. The largest absolute Gasteiger partial charge is 0.294 e. The van der Waals surface area contributed by atoms with Crippen LogP contribution < -0.4 is 0 Å². The van der Waals surface area contributed by atoms with E-state index in [4.69, 9.17) is 9.97 Å². The third kappa shape index (κ3) is 4.98. The molecule has 0 aliphatic carbocycles. The van der Waals surface area contributed by atoms with Gasteiger partial charge < -0.3 is 0 Å². The van der Waals surface area contributed by atoms with Crippen molar-refractivity contribution in [2.45, 2.75) is 0 Å². The molecule has 0 radical (unpaired) electrons. The normalized spacial score (nSPS) is 11.6. The van der Waals surface area contributed by atoms with Gasteiger partial charge in [-0.15, -0.1) is 0 Å². The fourth-order valence-electron chi connectivity index (χ4n) is 8.59. The summed E-state index contributed by atoms with van der Waals surface area (Å²) in [5.41, 5.74) is 10.9. The van der Waals surface area contributed by atoms with E-state index < -0.39 is 0 Å². The molecule has 0 spiro atoms. The van der Waals surface area contributed by atoms with Gasteiger partial charge in [0.05, 0.1) is 16.6 Å². The van der Waals surface area contributed by atoms with Gasteiger partial charge in [-0.05, 0) is 78.8 Å². The molecule has 0 N–H and O–H groups in total. The van der Waals surface area contributed by atoms with E-state index in [2.05, 4.69) is 187 Å². The van der Waals surface area contributed by atoms with Gasteiger partial charge in [0.25, 0.3) is 0 Å². The number of nitrogens with zero attached hydrogens (tertiary/aromatic N) is 3. The zero-order valence-corrected chi connectivity index (χ0v) is 29.9. The summed E-state index contributed by atoms with van der Waals surface area (Å²) >= 11 is 0. The highest BCUT2D eigenvalue weighted by Gasteiger charge is 2.23. The van der Waals surface area contributed by atoms with E-state index in [0.717, 1.165) is 50.0 Å². The monoisotopic (exact) mass is 699 g/mol. The maximum Gasteiger partial charge on any atom is 0.162 e. The highest BCUT2D eigenvalue weighted by molar-refractivity contribution is 6.24. The van der Waals surface area contributed by atoms with Crippen LogP contribution in [0, 0.1) is 0 Å². The molecular weight excluding hydrogens is 667 g/mol. The number of rotatable bonds is 5. The van der Waals surface area contributed by atoms with Gasteiger partial charge in [0.2, 0.25) is 0 Å². The molecule has 11 aromatic rings. The van der Waals surface area contributed by atoms with Crippen LogP contribution in [0.5, 0.6) is 0 Å². The van der Waals surface area contributed by atoms with E-state index >= 15 is 0 Å². The fraction of sp³-hybridized carbons (Fsp3) is 0. The summed E-state index contributed by atoms with van der Waals surface area (Å²) in [6.07, 6.45) is 0. The Morgan fingerprint density at radius 2 is 0.909 bits per heavy atom. The van der Waals surface area contributed by atoms with Crippen molar-refractivity contribution in [1.29, 1.82) is 0 Å². The molecule has 0 saturated heterocycles. The molecule has 3 nitrogen and oxygen atoms in total. The zero-order chi connectivity index (χ0) is 36.3. The average Bonchev–Trinajstić information content (AvgIpc) is 3.59. The number of aromatic nitrogens is 3. The number of para-hydroxylation sites is 1. The quantitative estimate of drug-likeness (QED) is 0.167. The van der Waals surface area contributed by atoms with Gasteiger partial charge in [-0.3, -0.25) is 4.57 Å². The first-order chi connectivity index (χ1) is 27.3. The van der Waals surface area contributed by atoms with Gasteiger partial charge in [-0.1, -0.05) is 176 Å². The molecule has 256 valence electrons. The third-order valence-electron chi connectivity index (χ3n) is 11.0. The zero-order valence-electron chi connectivity index (χ0n) is 29.9. The van der Waals surface area contributed by atoms with Gasteiger partial charge in [-0.25, -0.2) is 9.97 Å². The number of hydrogen-bond acceptors (Lipinski definition) is 2. The van der Waals surface area contributed by atoms with Crippen LogP contribution in [-0.2, 0) is 0 Å². The van der Waals surface area contributed by atoms with Gasteiger partial charge in [0.1, 0.15) is 5.65 Å². The molecule has 0 amide bonds. The molecule has 0 unspecified atom stereocenters. The van der Waals surface area contributed by atoms with E-state index in [-0.39, 0.29) is 0 Å². The van der Waals surface area contributed by atoms with Crippen molar-refractivity contribution >= 4 is 54.3 Å². The lowest BCUT2D eigenvalue weighted by Gasteiger charge is -2.19. The summed E-state index contributed by atoms with van der Waals surface area (Å²) in [7, 11) is 0. The molecule has 2 aromatic heterocycles. The fourth-order valence-corrected chi connectivity index (χ4v) is 8.59. The van der Waals surface area contributed by atoms with Crippen LogP contribution in [-0.4, -0.2) is 14.5 Å². The van der Waals surface area contributed by atoms with Crippen LogP contribution in [0.3, 0.4) is 0 Å². The molecule has 55 heavy (non-hydrogen) atoms. The van der Waals surface area contributed by atoms with Crippen molar-refractivity contribution in [2.24, 2.45) is 0 Å². The predicted molar refractivity (Wildman–Crippen MR) is 231 cm³/mol. The number of hydrogen-bond donors (Lipinski definition) is 0. The van der Waals surface area contributed by atoms with E-state index in [1.165, 1.54) is 49.0 Å². The Labute approximate surface area is 318 Å². The Morgan fingerprint density at radius 3 is 1.58 bits per heavy atom. The van der Waals surface area contributed by atoms with Crippen molar-refractivity contribution in [1.82, 2.24) is 14.5 Å². The van der Waals surface area contributed by atoms with Crippen molar-refractivity contribution in [3.63, 3.8) is 0 Å². The molecule has 0 bridgehead atoms. The first-order valence-corrected chi connectivity index (χ1v) is 18.8. The highest BCUT2D eigenvalue weighted by atomic mass is 15.1. The Morgan fingerprint density at radius 1 is 0.364 bits per heavy atom. The maximum absolute atomic E-state index is 5.37. The van der Waals surface area contributed by atoms with Crippen molar-refractivity contribution in [3.05, 3.63) is 200 Å². The summed E-state index contributed by atoms with van der Waals surface area (Å²) < 4.78 is 2.30. The summed E-state index contributed by atoms with van der Waals surface area (Å²) in [4.78, 5) is 10.7. The number of fused-ring (bicyclic) bond motifs is 6. The summed E-state index contributed by atoms with van der Waals surface area (Å²) in [5, 5.41) is 9.56. The third-order valence-corrected chi connectivity index (χ3v) is 11.0. The minimum Gasteiger partial charge on any atom is -0.294 e. The molecule has 0 atom stereocenters. The molecule has 9 aromatic carbocycles. The summed E-state index contributed by atoms with van der Waals surface area (Å²) in [6, 6.07) is 71.5. The molecule has 2 heterocycles. The minimum atomic E-state index is 0.702. The molecule has 0 aliphatic heterocycles. The van der Waals surface area contributed by atoms with E-state index in [9.17, 15) is 0 Å². The van der Waals surface area contributed by atoms with Crippen molar-refractivity contribution < 1.29 is 0 Å². The predicted octanol–water partition coefficient (Wildman–Crippen LogP) is 13.7. The highest BCUT2D eigenvalue weighted by Crippen LogP contribution is 2.47. The first-order valence-electron chi connectivity index (χ1n) is 18.8. The molecule has 0 saturated carbocycles. The van der Waals surface area contributed by atoms with E-state index in [1.54, 1.807) is 0 Å². The molecule has 0 aliphatic rings. The van der Waals surface area contributed by atoms with Gasteiger partial charge >= 0.3 is 0 Å². The molecule has 11 rings (SSSR count). The Balaban J connectivity index is 1.26. The number of benzene rings is 9. The first kappa shape index (κ1) is 31.2. The van der Waals surface area contributed by atoms with Gasteiger partial charge in [0.15, 0.2) is 5.82 Å². The minimum absolute atomic E-state index is 0.702. The van der Waals surface area contributed by atoms with Crippen LogP contribution >= 0.6 is 0 Å². The summed E-state index contributed by atoms with van der Waals surface area (Å²) in [6.45, 7) is 0. The topological polar surface area (TPSA) is 30.7 Å².